The third-order valence-electron chi connectivity index (χ3n) is 4.19. The largest absolute Gasteiger partial charge is 0.493 e. The third-order valence-corrected chi connectivity index (χ3v) is 5.43. The predicted molar refractivity (Wildman–Crippen MR) is 124 cm³/mol. The van der Waals surface area contributed by atoms with Crippen molar-refractivity contribution in [3.63, 3.8) is 0 Å². The number of fused-ring (bicyclic) bond motifs is 1. The minimum Gasteiger partial charge on any atom is -0.493 e. The van der Waals surface area contributed by atoms with Crippen LogP contribution in [0.15, 0.2) is 50.6 Å². The van der Waals surface area contributed by atoms with Crippen LogP contribution >= 0.6 is 31.9 Å². The molecule has 0 saturated heterocycles. The Labute approximate surface area is 195 Å². The Bertz CT molecular complexity index is 1110. The smallest absolute Gasteiger partial charge is 0.277 e. The molecule has 0 saturated carbocycles. The number of benzene rings is 2. The topological polar surface area (TPSA) is 91.3 Å². The van der Waals surface area contributed by atoms with E-state index in [1.807, 2.05) is 18.2 Å². The van der Waals surface area contributed by atoms with E-state index in [4.69, 9.17) is 18.9 Å². The van der Waals surface area contributed by atoms with Crippen LogP contribution in [0.25, 0.3) is 10.9 Å². The van der Waals surface area contributed by atoms with Gasteiger partial charge in [0.25, 0.3) is 5.91 Å². The van der Waals surface area contributed by atoms with Gasteiger partial charge < -0.3 is 18.9 Å². The number of ether oxygens (including phenoxy) is 4. The van der Waals surface area contributed by atoms with E-state index in [2.05, 4.69) is 47.4 Å². The molecule has 0 atom stereocenters. The molecule has 10 heteroatoms. The molecular formula is C21H19Br2N3O5. The molecule has 0 radical (unpaired) electrons. The van der Waals surface area contributed by atoms with Crippen molar-refractivity contribution in [1.29, 1.82) is 0 Å². The van der Waals surface area contributed by atoms with Gasteiger partial charge in [-0.15, -0.1) is 0 Å². The minimum absolute atomic E-state index is 0.238. The number of amides is 1. The number of halogens is 2. The third kappa shape index (κ3) is 5.26. The number of methoxy groups -OCH3 is 3. The monoisotopic (exact) mass is 551 g/mol. The maximum absolute atomic E-state index is 12.2. The van der Waals surface area contributed by atoms with Crippen molar-refractivity contribution in [3.8, 4) is 23.0 Å². The molecule has 3 aromatic rings. The van der Waals surface area contributed by atoms with E-state index in [9.17, 15) is 4.79 Å². The molecule has 1 aromatic heterocycles. The zero-order chi connectivity index (χ0) is 22.4. The number of aromatic nitrogens is 1. The molecule has 0 aliphatic heterocycles. The molecule has 1 N–H and O–H groups in total. The van der Waals surface area contributed by atoms with Gasteiger partial charge in [-0.2, -0.15) is 5.10 Å². The minimum atomic E-state index is -0.428. The van der Waals surface area contributed by atoms with Gasteiger partial charge in [0.15, 0.2) is 23.9 Å². The number of nitrogens with one attached hydrogen (secondary N) is 1. The first-order valence-corrected chi connectivity index (χ1v) is 10.5. The quantitative estimate of drug-likeness (QED) is 0.331. The molecule has 0 unspecified atom stereocenters. The van der Waals surface area contributed by atoms with Crippen LogP contribution in [-0.2, 0) is 4.79 Å². The standard InChI is InChI=1S/C21H19Br2N3O5/c1-28-16-7-12(8-17(29-2)21(16)30-3)10-25-26-18(27)11-31-20-15(23)9-14(22)13-5-4-6-24-19(13)20/h4-10H,11H2,1-3H3,(H,26,27)/b25-10-. The zero-order valence-corrected chi connectivity index (χ0v) is 20.1. The number of carbonyl (C=O) groups excluding carboxylic acids is 1. The average molecular weight is 553 g/mol. The van der Waals surface area contributed by atoms with E-state index in [0.29, 0.717) is 38.6 Å². The number of carbonyl (C=O) groups is 1. The summed E-state index contributed by atoms with van der Waals surface area (Å²) in [6.07, 6.45) is 3.13. The van der Waals surface area contributed by atoms with E-state index in [0.717, 1.165) is 9.86 Å². The van der Waals surface area contributed by atoms with Crippen LogP contribution in [0.4, 0.5) is 0 Å². The lowest BCUT2D eigenvalue weighted by atomic mass is 10.2. The highest BCUT2D eigenvalue weighted by Gasteiger charge is 2.14. The average Bonchev–Trinajstić information content (AvgIpc) is 2.78. The Kier molecular flexibility index (Phi) is 7.69. The summed E-state index contributed by atoms with van der Waals surface area (Å²) in [5, 5.41) is 4.84. The summed E-state index contributed by atoms with van der Waals surface area (Å²) in [6.45, 7) is -0.238. The van der Waals surface area contributed by atoms with Crippen molar-refractivity contribution < 1.29 is 23.7 Å². The van der Waals surface area contributed by atoms with Crippen LogP contribution in [0.3, 0.4) is 0 Å². The van der Waals surface area contributed by atoms with Crippen LogP contribution in [0.5, 0.6) is 23.0 Å². The van der Waals surface area contributed by atoms with Crippen molar-refractivity contribution in [2.24, 2.45) is 5.10 Å². The number of pyridine rings is 1. The number of hydrogen-bond donors (Lipinski definition) is 1. The molecule has 0 aliphatic rings. The maximum Gasteiger partial charge on any atom is 0.277 e. The molecule has 31 heavy (non-hydrogen) atoms. The van der Waals surface area contributed by atoms with Crippen LogP contribution < -0.4 is 24.4 Å². The molecule has 162 valence electrons. The van der Waals surface area contributed by atoms with Gasteiger partial charge in [0.05, 0.1) is 32.0 Å². The molecule has 0 fully saturated rings. The van der Waals surface area contributed by atoms with Crippen molar-refractivity contribution in [2.75, 3.05) is 27.9 Å². The Morgan fingerprint density at radius 3 is 2.42 bits per heavy atom. The number of rotatable bonds is 8. The summed E-state index contributed by atoms with van der Waals surface area (Å²) >= 11 is 6.95. The fraction of sp³-hybridized carbons (Fsp3) is 0.190. The second-order valence-corrected chi connectivity index (χ2v) is 7.82. The second kappa shape index (κ2) is 10.5. The van der Waals surface area contributed by atoms with E-state index in [-0.39, 0.29) is 6.61 Å². The van der Waals surface area contributed by atoms with Gasteiger partial charge in [-0.1, -0.05) is 22.0 Å². The van der Waals surface area contributed by atoms with Crippen molar-refractivity contribution in [3.05, 3.63) is 51.0 Å². The normalized spacial score (nSPS) is 10.9. The van der Waals surface area contributed by atoms with Gasteiger partial charge >= 0.3 is 0 Å². The van der Waals surface area contributed by atoms with E-state index >= 15 is 0 Å². The molecule has 8 nitrogen and oxygen atoms in total. The summed E-state index contributed by atoms with van der Waals surface area (Å²) in [5.41, 5.74) is 3.72. The predicted octanol–water partition coefficient (Wildman–Crippen LogP) is 4.31. The summed E-state index contributed by atoms with van der Waals surface area (Å²) in [7, 11) is 4.57. The number of hydrogen-bond acceptors (Lipinski definition) is 7. The Morgan fingerprint density at radius 1 is 1.06 bits per heavy atom. The van der Waals surface area contributed by atoms with Crippen molar-refractivity contribution in [1.82, 2.24) is 10.4 Å². The molecule has 2 aromatic carbocycles. The van der Waals surface area contributed by atoms with E-state index < -0.39 is 5.91 Å². The first-order valence-electron chi connectivity index (χ1n) is 8.96. The van der Waals surface area contributed by atoms with Crippen LogP contribution in [0, 0.1) is 0 Å². The Morgan fingerprint density at radius 2 is 1.77 bits per heavy atom. The molecule has 0 spiro atoms. The van der Waals surface area contributed by atoms with Crippen molar-refractivity contribution in [2.45, 2.75) is 0 Å². The summed E-state index contributed by atoms with van der Waals surface area (Å²) in [6, 6.07) is 9.01. The molecule has 1 heterocycles. The van der Waals surface area contributed by atoms with Crippen LogP contribution in [-0.4, -0.2) is 45.0 Å². The van der Waals surface area contributed by atoms with Gasteiger partial charge in [-0.25, -0.2) is 5.43 Å². The molecule has 3 rings (SSSR count). The lowest BCUT2D eigenvalue weighted by Gasteiger charge is -2.12. The Balaban J connectivity index is 1.68. The highest BCUT2D eigenvalue weighted by atomic mass is 79.9. The maximum atomic E-state index is 12.2. The van der Waals surface area contributed by atoms with Crippen LogP contribution in [0.1, 0.15) is 5.56 Å². The molecule has 0 aliphatic carbocycles. The SMILES string of the molecule is COc1cc(/C=N\NC(=O)COc2c(Br)cc(Br)c3cccnc23)cc(OC)c1OC. The van der Waals surface area contributed by atoms with Gasteiger partial charge in [-0.05, 0) is 40.2 Å². The molecule has 1 amide bonds. The van der Waals surface area contributed by atoms with Crippen LogP contribution in [0.2, 0.25) is 0 Å². The van der Waals surface area contributed by atoms with Gasteiger partial charge in [0.2, 0.25) is 5.75 Å². The fourth-order valence-corrected chi connectivity index (χ4v) is 4.20. The molecule has 0 bridgehead atoms. The van der Waals surface area contributed by atoms with E-state index in [1.54, 1.807) is 18.3 Å². The lowest BCUT2D eigenvalue weighted by Crippen LogP contribution is -2.24. The number of nitrogens with zero attached hydrogens (tertiary/aromatic N) is 2. The van der Waals surface area contributed by atoms with Gasteiger partial charge in [0, 0.05) is 21.6 Å². The second-order valence-electron chi connectivity index (χ2n) is 6.11. The lowest BCUT2D eigenvalue weighted by molar-refractivity contribution is -0.123. The zero-order valence-electron chi connectivity index (χ0n) is 16.9. The highest BCUT2D eigenvalue weighted by Crippen LogP contribution is 2.38. The fourth-order valence-electron chi connectivity index (χ4n) is 2.81. The van der Waals surface area contributed by atoms with E-state index in [1.165, 1.54) is 27.5 Å². The van der Waals surface area contributed by atoms with Gasteiger partial charge in [-0.3, -0.25) is 9.78 Å². The summed E-state index contributed by atoms with van der Waals surface area (Å²) < 4.78 is 23.1. The van der Waals surface area contributed by atoms with Gasteiger partial charge in [0.1, 0.15) is 5.52 Å². The first-order chi connectivity index (χ1) is 15.0. The first kappa shape index (κ1) is 22.8. The highest BCUT2D eigenvalue weighted by molar-refractivity contribution is 9.11. The number of hydrazone groups is 1. The Hall–Kier alpha value is -2.85. The summed E-state index contributed by atoms with van der Waals surface area (Å²) in [5.74, 6) is 1.49. The van der Waals surface area contributed by atoms with Crippen molar-refractivity contribution >= 4 is 54.9 Å². The summed E-state index contributed by atoms with van der Waals surface area (Å²) in [4.78, 5) is 16.6. The molecular weight excluding hydrogens is 534 g/mol.